The van der Waals surface area contributed by atoms with E-state index in [0.29, 0.717) is 51.1 Å². The highest BCUT2D eigenvalue weighted by Gasteiger charge is 2.48. The number of hydrogen-bond acceptors (Lipinski definition) is 8. The monoisotopic (exact) mass is 1160 g/mol. The number of hydrogen-bond donors (Lipinski definition) is 0. The van der Waals surface area contributed by atoms with Crippen molar-refractivity contribution in [3.05, 3.63) is 333 Å². The predicted octanol–water partition coefficient (Wildman–Crippen LogP) is 15.9. The molecule has 0 saturated carbocycles. The maximum Gasteiger partial charge on any atom is 0.266 e. The van der Waals surface area contributed by atoms with Gasteiger partial charge in [0.1, 0.15) is 23.0 Å². The Morgan fingerprint density at radius 3 is 1.09 bits per heavy atom. The molecule has 2 heterocycles. The summed E-state index contributed by atoms with van der Waals surface area (Å²) < 4.78 is 12.8. The molecule has 0 spiro atoms. The number of aryl methyl sites for hydroxylation is 1. The number of ether oxygens (including phenoxy) is 2. The molecule has 430 valence electrons. The zero-order chi connectivity index (χ0) is 61.3. The van der Waals surface area contributed by atoms with Gasteiger partial charge in [-0.05, 0) is 159 Å². The lowest BCUT2D eigenvalue weighted by atomic mass is 9.67. The minimum absolute atomic E-state index is 0.265. The van der Waals surface area contributed by atoms with Crippen molar-refractivity contribution in [1.82, 2.24) is 4.90 Å². The fraction of sp³-hybridized carbons (Fsp3) is 0.0769. The number of carbonyl (C=O) groups is 6. The van der Waals surface area contributed by atoms with E-state index in [0.717, 1.165) is 54.3 Å². The van der Waals surface area contributed by atoms with E-state index in [4.69, 9.17) is 9.47 Å². The zero-order valence-electron chi connectivity index (χ0n) is 48.9. The first-order valence-electron chi connectivity index (χ1n) is 29.3. The summed E-state index contributed by atoms with van der Waals surface area (Å²) in [5.74, 6) is 0.00387. The second kappa shape index (κ2) is 21.7. The maximum absolute atomic E-state index is 14.4. The quantitative estimate of drug-likeness (QED) is 0.124. The average Bonchev–Trinajstić information content (AvgIpc) is 1.58. The SMILES string of the molecule is CC(=O)N(C(C)=O)c1ccccc1.Cc1ccc(C2(c3ccc(N4C(=O)c5ccc(Oc6ccc(C7(c8ccc(Oc9ccc%10c(c9)C(=O)N(C)C%10=O)cc8)c8ccccc8-c8ccccc87)cc6)cc5C4=O)cc3)c3ccccc3-c3ccccc32)cc1. The van der Waals surface area contributed by atoms with Crippen molar-refractivity contribution in [1.29, 1.82) is 0 Å². The maximum atomic E-state index is 14.4. The highest BCUT2D eigenvalue weighted by atomic mass is 16.5. The lowest BCUT2D eigenvalue weighted by Gasteiger charge is -2.34. The number of amides is 6. The van der Waals surface area contributed by atoms with Gasteiger partial charge >= 0.3 is 0 Å². The van der Waals surface area contributed by atoms with Gasteiger partial charge < -0.3 is 9.47 Å². The molecular formula is C78H55N3O8. The zero-order valence-corrected chi connectivity index (χ0v) is 48.9. The van der Waals surface area contributed by atoms with Crippen molar-refractivity contribution >= 4 is 46.8 Å². The van der Waals surface area contributed by atoms with Crippen LogP contribution in [0.25, 0.3) is 22.3 Å². The number of carbonyl (C=O) groups excluding carboxylic acids is 6. The number of imide groups is 3. The highest BCUT2D eigenvalue weighted by molar-refractivity contribution is 6.34. The summed E-state index contributed by atoms with van der Waals surface area (Å²) >= 11 is 0. The molecule has 11 aromatic rings. The molecule has 4 aliphatic rings. The van der Waals surface area contributed by atoms with Gasteiger partial charge in [0.05, 0.1) is 44.5 Å². The number of nitrogens with zero attached hydrogens (tertiary/aromatic N) is 3. The van der Waals surface area contributed by atoms with E-state index in [2.05, 4.69) is 165 Å². The van der Waals surface area contributed by atoms with Crippen LogP contribution in [0.3, 0.4) is 0 Å². The molecule has 0 aromatic heterocycles. The van der Waals surface area contributed by atoms with Crippen molar-refractivity contribution in [3.8, 4) is 45.3 Å². The van der Waals surface area contributed by atoms with Crippen molar-refractivity contribution in [2.75, 3.05) is 16.8 Å². The van der Waals surface area contributed by atoms with Crippen molar-refractivity contribution in [2.24, 2.45) is 0 Å². The van der Waals surface area contributed by atoms with E-state index in [1.807, 2.05) is 42.5 Å². The Balaban J connectivity index is 0.000000477. The fourth-order valence-electron chi connectivity index (χ4n) is 13.6. The lowest BCUT2D eigenvalue weighted by molar-refractivity contribution is -0.124. The molecule has 89 heavy (non-hydrogen) atoms. The smallest absolute Gasteiger partial charge is 0.266 e. The Labute approximate surface area is 514 Å². The molecule has 11 nitrogen and oxygen atoms in total. The summed E-state index contributed by atoms with van der Waals surface area (Å²) in [4.78, 5) is 79.5. The second-order valence-electron chi connectivity index (χ2n) is 22.6. The van der Waals surface area contributed by atoms with Gasteiger partial charge in [0.25, 0.3) is 23.6 Å². The molecule has 11 aromatic carbocycles. The summed E-state index contributed by atoms with van der Waals surface area (Å²) in [5.41, 5.74) is 15.7. The molecular weight excluding hydrogens is 1110 g/mol. The minimum Gasteiger partial charge on any atom is -0.457 e. The first-order chi connectivity index (χ1) is 43.3. The van der Waals surface area contributed by atoms with E-state index in [9.17, 15) is 28.8 Å². The third-order valence-electron chi connectivity index (χ3n) is 17.6. The number of benzene rings is 11. The lowest BCUT2D eigenvalue weighted by Crippen LogP contribution is -2.32. The standard InChI is InChI=1S/C68H44N2O6.C10H11NO2/c1-41-19-21-42(22-20-41)67(59-15-7-3-11-51(59)52-12-4-8-16-60(52)67)43-23-29-46(30-24-43)70-65(73)56-38-36-50(40-58(56)66(70)74)76-48-33-27-45(28-34-48)68(61-17-9-5-13-53(61)54-14-6-10-18-62(54)68)44-25-31-47(32-26-44)75-49-35-37-55-57(39-49)64(72)69(2)63(55)71;1-8(12)11(9(2)13)10-6-4-3-5-7-10/h3-40H,1-2H3;3-7H,1-2H3. The number of rotatable bonds is 10. The van der Waals surface area contributed by atoms with Crippen LogP contribution >= 0.6 is 0 Å². The molecule has 15 rings (SSSR count). The molecule has 0 saturated heterocycles. The van der Waals surface area contributed by atoms with Crippen LogP contribution in [0.2, 0.25) is 0 Å². The van der Waals surface area contributed by atoms with Gasteiger partial charge in [0, 0.05) is 20.9 Å². The average molecular weight is 1160 g/mol. The summed E-state index contributed by atoms with van der Waals surface area (Å²) in [5, 5.41) is 0. The molecule has 0 fully saturated rings. The summed E-state index contributed by atoms with van der Waals surface area (Å²) in [6.07, 6.45) is 0. The third-order valence-corrected chi connectivity index (χ3v) is 17.6. The van der Waals surface area contributed by atoms with E-state index < -0.39 is 16.7 Å². The molecule has 11 heteroatoms. The van der Waals surface area contributed by atoms with E-state index in [-0.39, 0.29) is 35.1 Å². The van der Waals surface area contributed by atoms with Crippen molar-refractivity contribution < 1.29 is 38.2 Å². The topological polar surface area (TPSA) is 131 Å². The Kier molecular flexibility index (Phi) is 13.5. The van der Waals surface area contributed by atoms with Crippen LogP contribution in [0, 0.1) is 6.92 Å². The van der Waals surface area contributed by atoms with Gasteiger partial charge in [0.15, 0.2) is 0 Å². The largest absolute Gasteiger partial charge is 0.457 e. The first kappa shape index (κ1) is 55.3. The van der Waals surface area contributed by atoms with E-state index >= 15 is 0 Å². The van der Waals surface area contributed by atoms with Crippen LogP contribution in [0.5, 0.6) is 23.0 Å². The van der Waals surface area contributed by atoms with Gasteiger partial charge in [-0.15, -0.1) is 0 Å². The second-order valence-corrected chi connectivity index (χ2v) is 22.6. The Morgan fingerprint density at radius 2 is 0.674 bits per heavy atom. The van der Waals surface area contributed by atoms with E-state index in [1.54, 1.807) is 60.7 Å². The van der Waals surface area contributed by atoms with Crippen LogP contribution in [0.1, 0.15) is 105 Å². The summed E-state index contributed by atoms with van der Waals surface area (Å²) in [6, 6.07) is 85.6. The summed E-state index contributed by atoms with van der Waals surface area (Å²) in [6.45, 7) is 4.83. The van der Waals surface area contributed by atoms with Gasteiger partial charge in [-0.2, -0.15) is 0 Å². The van der Waals surface area contributed by atoms with Crippen molar-refractivity contribution in [3.63, 3.8) is 0 Å². The summed E-state index contributed by atoms with van der Waals surface area (Å²) in [7, 11) is 1.48. The van der Waals surface area contributed by atoms with Crippen LogP contribution in [-0.4, -0.2) is 47.4 Å². The fourth-order valence-corrected chi connectivity index (χ4v) is 13.6. The Bertz CT molecular complexity index is 4620. The first-order valence-corrected chi connectivity index (χ1v) is 29.3. The van der Waals surface area contributed by atoms with Gasteiger partial charge in [-0.25, -0.2) is 4.90 Å². The minimum atomic E-state index is -0.718. The normalized spacial score (nSPS) is 14.2. The van der Waals surface area contributed by atoms with Gasteiger partial charge in [-0.3, -0.25) is 38.6 Å². The Morgan fingerprint density at radius 1 is 0.348 bits per heavy atom. The number of para-hydroxylation sites is 1. The molecule has 6 amide bonds. The molecule has 2 aliphatic carbocycles. The van der Waals surface area contributed by atoms with Crippen LogP contribution in [0.15, 0.2) is 261 Å². The predicted molar refractivity (Wildman–Crippen MR) is 343 cm³/mol. The van der Waals surface area contributed by atoms with E-state index in [1.165, 1.54) is 53.6 Å². The highest BCUT2D eigenvalue weighted by Crippen LogP contribution is 2.58. The molecule has 2 aliphatic heterocycles. The van der Waals surface area contributed by atoms with Gasteiger partial charge in [-0.1, -0.05) is 181 Å². The van der Waals surface area contributed by atoms with Crippen LogP contribution in [-0.2, 0) is 20.4 Å². The van der Waals surface area contributed by atoms with Gasteiger partial charge in [0.2, 0.25) is 11.8 Å². The van der Waals surface area contributed by atoms with Crippen LogP contribution in [0.4, 0.5) is 11.4 Å². The van der Waals surface area contributed by atoms with Crippen LogP contribution < -0.4 is 19.3 Å². The third kappa shape index (κ3) is 8.88. The van der Waals surface area contributed by atoms with Crippen molar-refractivity contribution in [2.45, 2.75) is 31.6 Å². The number of anilines is 2. The molecule has 0 unspecified atom stereocenters. The number of fused-ring (bicyclic) bond motifs is 8. The molecule has 0 atom stereocenters. The molecule has 0 radical (unpaired) electrons. The Hall–Kier alpha value is -11.6. The molecule has 0 bridgehead atoms. The molecule has 0 N–H and O–H groups in total.